The van der Waals surface area contributed by atoms with Crippen LogP contribution in [0.1, 0.15) is 25.5 Å². The third-order valence-corrected chi connectivity index (χ3v) is 5.51. The molecule has 2 aliphatic heterocycles. The number of methoxy groups -OCH3 is 2. The molecule has 1 aromatic carbocycles. The lowest BCUT2D eigenvalue weighted by atomic mass is 9.94. The van der Waals surface area contributed by atoms with Crippen molar-refractivity contribution in [2.24, 2.45) is 4.99 Å². The fourth-order valence-corrected chi connectivity index (χ4v) is 4.29. The van der Waals surface area contributed by atoms with Gasteiger partial charge in [0.05, 0.1) is 42.6 Å². The summed E-state index contributed by atoms with van der Waals surface area (Å²) >= 11 is 5.04. The van der Waals surface area contributed by atoms with Crippen LogP contribution in [0.15, 0.2) is 44.5 Å². The van der Waals surface area contributed by atoms with Crippen LogP contribution in [-0.4, -0.2) is 36.9 Å². The van der Waals surface area contributed by atoms with Gasteiger partial charge < -0.3 is 19.1 Å². The third-order valence-electron chi connectivity index (χ3n) is 4.11. The monoisotopic (exact) mass is 438 g/mol. The van der Waals surface area contributed by atoms with Crippen molar-refractivity contribution in [3.63, 3.8) is 0 Å². The summed E-state index contributed by atoms with van der Waals surface area (Å²) in [5.41, 5.74) is 1.96. The van der Waals surface area contributed by atoms with Crippen LogP contribution in [0.3, 0.4) is 0 Å². The number of carbonyl (C=O) groups is 1. The van der Waals surface area contributed by atoms with Gasteiger partial charge in [0.15, 0.2) is 5.17 Å². The minimum atomic E-state index is -0.398. The molecule has 0 fully saturated rings. The van der Waals surface area contributed by atoms with E-state index < -0.39 is 6.04 Å². The van der Waals surface area contributed by atoms with Crippen LogP contribution < -0.4 is 9.47 Å². The van der Waals surface area contributed by atoms with Crippen LogP contribution in [0, 0.1) is 0 Å². The molecule has 0 unspecified atom stereocenters. The van der Waals surface area contributed by atoms with Crippen LogP contribution in [0.5, 0.6) is 11.5 Å². The summed E-state index contributed by atoms with van der Waals surface area (Å²) in [6.07, 6.45) is 1.91. The average Bonchev–Trinajstić information content (AvgIpc) is 3.08. The number of hydrogen-bond acceptors (Lipinski definition) is 7. The number of amidine groups is 1. The van der Waals surface area contributed by atoms with Crippen molar-refractivity contribution in [1.29, 1.82) is 0 Å². The van der Waals surface area contributed by atoms with Gasteiger partial charge in [-0.1, -0.05) is 11.8 Å². The number of esters is 1. The Kier molecular flexibility index (Phi) is 5.62. The third kappa shape index (κ3) is 3.23. The van der Waals surface area contributed by atoms with Gasteiger partial charge in [0.2, 0.25) is 0 Å². The largest absolute Gasteiger partial charge is 0.496 e. The number of aliphatic imine (C=N–C) groups is 1. The Morgan fingerprint density at radius 3 is 2.69 bits per heavy atom. The number of allylic oxidation sites excluding steroid dienone is 1. The Labute approximate surface area is 165 Å². The van der Waals surface area contributed by atoms with Gasteiger partial charge in [-0.3, -0.25) is 0 Å². The molecular formula is C18H19BrN2O4S. The number of thioether (sulfide) groups is 1. The topological polar surface area (TPSA) is 60.4 Å². The summed E-state index contributed by atoms with van der Waals surface area (Å²) in [6.45, 7) is 3.91. The number of fused-ring (bicyclic) bond motifs is 1. The van der Waals surface area contributed by atoms with E-state index in [4.69, 9.17) is 14.2 Å². The van der Waals surface area contributed by atoms with Crippen molar-refractivity contribution in [2.45, 2.75) is 19.9 Å². The highest BCUT2D eigenvalue weighted by molar-refractivity contribution is 9.10. The second kappa shape index (κ2) is 7.75. The molecule has 0 amide bonds. The van der Waals surface area contributed by atoms with Gasteiger partial charge in [0.25, 0.3) is 0 Å². The lowest BCUT2D eigenvalue weighted by Gasteiger charge is -2.34. The Morgan fingerprint density at radius 1 is 1.31 bits per heavy atom. The molecule has 2 heterocycles. The molecule has 0 saturated carbocycles. The summed E-state index contributed by atoms with van der Waals surface area (Å²) in [5, 5.41) is 2.76. The van der Waals surface area contributed by atoms with E-state index in [1.165, 1.54) is 11.8 Å². The van der Waals surface area contributed by atoms with Crippen molar-refractivity contribution < 1.29 is 19.0 Å². The lowest BCUT2D eigenvalue weighted by Crippen LogP contribution is -2.34. The standard InChI is InChI=1S/C18H19BrN2O4S/c1-5-25-17(22)15-10(2)20-18-21(6-7-26-18)16(15)11-8-12(19)14(24-4)9-13(11)23-3/h6-9,16H,5H2,1-4H3/t16-/m0/s1. The molecule has 0 N–H and O–H groups in total. The number of carbonyl (C=O) groups excluding carboxylic acids is 1. The van der Waals surface area contributed by atoms with Crippen LogP contribution >= 0.6 is 27.7 Å². The molecule has 2 aliphatic rings. The number of halogens is 1. The molecule has 6 nitrogen and oxygen atoms in total. The Hall–Kier alpha value is -1.93. The number of rotatable bonds is 5. The Bertz CT molecular complexity index is 835. The van der Waals surface area contributed by atoms with E-state index in [9.17, 15) is 4.79 Å². The second-order valence-electron chi connectivity index (χ2n) is 5.56. The zero-order valence-electron chi connectivity index (χ0n) is 14.9. The van der Waals surface area contributed by atoms with E-state index in [1.807, 2.05) is 29.5 Å². The molecule has 0 spiro atoms. The molecular weight excluding hydrogens is 420 g/mol. The molecule has 0 radical (unpaired) electrons. The fourth-order valence-electron chi connectivity index (χ4n) is 2.97. The minimum absolute atomic E-state index is 0.299. The van der Waals surface area contributed by atoms with Gasteiger partial charge in [-0.25, -0.2) is 9.79 Å². The maximum atomic E-state index is 12.7. The zero-order chi connectivity index (χ0) is 18.8. The first-order valence-electron chi connectivity index (χ1n) is 8.01. The van der Waals surface area contributed by atoms with Crippen LogP contribution in [-0.2, 0) is 9.53 Å². The first-order valence-corrected chi connectivity index (χ1v) is 9.68. The van der Waals surface area contributed by atoms with Crippen molar-refractivity contribution in [2.75, 3.05) is 20.8 Å². The predicted octanol–water partition coefficient (Wildman–Crippen LogP) is 4.23. The summed E-state index contributed by atoms with van der Waals surface area (Å²) in [5.74, 6) is 0.897. The highest BCUT2D eigenvalue weighted by Crippen LogP contribution is 2.46. The first-order chi connectivity index (χ1) is 12.5. The summed E-state index contributed by atoms with van der Waals surface area (Å²) in [7, 11) is 3.19. The highest BCUT2D eigenvalue weighted by Gasteiger charge is 2.39. The van der Waals surface area contributed by atoms with E-state index >= 15 is 0 Å². The molecule has 0 bridgehead atoms. The van der Waals surface area contributed by atoms with Gasteiger partial charge in [0.1, 0.15) is 11.5 Å². The number of hydrogen-bond donors (Lipinski definition) is 0. The van der Waals surface area contributed by atoms with Gasteiger partial charge >= 0.3 is 5.97 Å². The minimum Gasteiger partial charge on any atom is -0.496 e. The Balaban J connectivity index is 2.19. The average molecular weight is 439 g/mol. The van der Waals surface area contributed by atoms with E-state index in [0.717, 1.165) is 15.2 Å². The van der Waals surface area contributed by atoms with Crippen molar-refractivity contribution >= 4 is 38.8 Å². The predicted molar refractivity (Wildman–Crippen MR) is 105 cm³/mol. The second-order valence-corrected chi connectivity index (χ2v) is 7.28. The molecule has 0 aromatic heterocycles. The lowest BCUT2D eigenvalue weighted by molar-refractivity contribution is -0.139. The maximum absolute atomic E-state index is 12.7. The smallest absolute Gasteiger partial charge is 0.338 e. The van der Waals surface area contributed by atoms with Crippen LogP contribution in [0.25, 0.3) is 0 Å². The van der Waals surface area contributed by atoms with Gasteiger partial charge in [-0.15, -0.1) is 0 Å². The maximum Gasteiger partial charge on any atom is 0.338 e. The molecule has 0 saturated heterocycles. The Morgan fingerprint density at radius 2 is 2.04 bits per heavy atom. The SMILES string of the molecule is CCOC(=O)C1=C(C)N=C2SC=CN2[C@H]1c1cc(Br)c(OC)cc1OC. The number of benzene rings is 1. The molecule has 1 atom stereocenters. The van der Waals surface area contributed by atoms with Gasteiger partial charge in [-0.2, -0.15) is 0 Å². The van der Waals surface area contributed by atoms with Crippen LogP contribution in [0.4, 0.5) is 0 Å². The van der Waals surface area contributed by atoms with Crippen molar-refractivity contribution in [3.8, 4) is 11.5 Å². The number of nitrogens with zero attached hydrogens (tertiary/aromatic N) is 2. The first kappa shape index (κ1) is 18.8. The summed E-state index contributed by atoms with van der Waals surface area (Å²) in [4.78, 5) is 19.2. The number of ether oxygens (including phenoxy) is 3. The fraction of sp³-hybridized carbons (Fsp3) is 0.333. The molecule has 138 valence electrons. The molecule has 0 aliphatic carbocycles. The highest BCUT2D eigenvalue weighted by atomic mass is 79.9. The van der Waals surface area contributed by atoms with E-state index in [-0.39, 0.29) is 5.97 Å². The zero-order valence-corrected chi connectivity index (χ0v) is 17.3. The van der Waals surface area contributed by atoms with Crippen LogP contribution in [0.2, 0.25) is 0 Å². The van der Waals surface area contributed by atoms with E-state index in [1.54, 1.807) is 27.2 Å². The normalized spacial score (nSPS) is 18.6. The summed E-state index contributed by atoms with van der Waals surface area (Å²) in [6, 6.07) is 3.31. The van der Waals surface area contributed by atoms with Gasteiger partial charge in [0, 0.05) is 17.8 Å². The molecule has 1 aromatic rings. The molecule has 3 rings (SSSR count). The van der Waals surface area contributed by atoms with E-state index in [2.05, 4.69) is 20.9 Å². The van der Waals surface area contributed by atoms with Gasteiger partial charge in [-0.05, 0) is 41.3 Å². The quantitative estimate of drug-likeness (QED) is 0.640. The summed E-state index contributed by atoms with van der Waals surface area (Å²) < 4.78 is 17.0. The van der Waals surface area contributed by atoms with Crippen molar-refractivity contribution in [3.05, 3.63) is 45.0 Å². The molecule has 8 heteroatoms. The van der Waals surface area contributed by atoms with E-state index in [0.29, 0.717) is 29.4 Å². The van der Waals surface area contributed by atoms with Crippen molar-refractivity contribution in [1.82, 2.24) is 4.90 Å². The molecule has 26 heavy (non-hydrogen) atoms.